The van der Waals surface area contributed by atoms with Gasteiger partial charge in [0.2, 0.25) is 0 Å². The average molecular weight is 432 g/mol. The van der Waals surface area contributed by atoms with E-state index >= 15 is 0 Å². The van der Waals surface area contributed by atoms with Gasteiger partial charge >= 0.3 is 0 Å². The summed E-state index contributed by atoms with van der Waals surface area (Å²) in [6.45, 7) is 4.76. The molecule has 26 heavy (non-hydrogen) atoms. The molecule has 0 saturated carbocycles. The van der Waals surface area contributed by atoms with E-state index in [4.69, 9.17) is 0 Å². The van der Waals surface area contributed by atoms with Crippen molar-refractivity contribution in [3.05, 3.63) is 51.7 Å². The van der Waals surface area contributed by atoms with Crippen molar-refractivity contribution in [2.75, 3.05) is 5.32 Å². The second kappa shape index (κ2) is 6.77. The highest BCUT2D eigenvalue weighted by Gasteiger charge is 2.16. The first-order valence-electron chi connectivity index (χ1n) is 8.07. The number of rotatable bonds is 4. The number of thiazole rings is 1. The first kappa shape index (κ1) is 17.1. The molecule has 0 bridgehead atoms. The lowest BCUT2D eigenvalue weighted by molar-refractivity contribution is 0.628. The molecule has 4 rings (SSSR count). The van der Waals surface area contributed by atoms with Crippen LogP contribution in [-0.2, 0) is 6.54 Å². The van der Waals surface area contributed by atoms with Gasteiger partial charge in [0, 0.05) is 17.5 Å². The Hall–Kier alpha value is -2.32. The smallest absolute Gasteiger partial charge is 0.188 e. The summed E-state index contributed by atoms with van der Waals surface area (Å²) in [6, 6.07) is 8.27. The summed E-state index contributed by atoms with van der Waals surface area (Å²) >= 11 is 4.94. The fraction of sp³-hybridized carbons (Fsp3) is 0.167. The van der Waals surface area contributed by atoms with Crippen LogP contribution >= 0.6 is 27.3 Å². The van der Waals surface area contributed by atoms with Crippen LogP contribution < -0.4 is 5.32 Å². The molecule has 0 atom stereocenters. The minimum absolute atomic E-state index is 0.257. The summed E-state index contributed by atoms with van der Waals surface area (Å²) in [6.07, 6.45) is 0. The summed E-state index contributed by atoms with van der Waals surface area (Å²) in [7, 11) is 0. The molecule has 0 fully saturated rings. The van der Waals surface area contributed by atoms with E-state index in [0.717, 1.165) is 43.4 Å². The summed E-state index contributed by atoms with van der Waals surface area (Å²) in [5.74, 6) is 0.555. The number of nitrogens with one attached hydrogen (secondary N) is 1. The number of pyridine rings is 1. The summed E-state index contributed by atoms with van der Waals surface area (Å²) < 4.78 is 15.8. The highest BCUT2D eigenvalue weighted by atomic mass is 79.9. The molecule has 0 aliphatic carbocycles. The Morgan fingerprint density at radius 2 is 1.96 bits per heavy atom. The first-order chi connectivity index (χ1) is 12.5. The largest absolute Gasteiger partial charge is 0.315 e. The van der Waals surface area contributed by atoms with Crippen LogP contribution in [0.4, 0.5) is 15.3 Å². The van der Waals surface area contributed by atoms with Gasteiger partial charge in [0.05, 0.1) is 5.69 Å². The third-order valence-corrected chi connectivity index (χ3v) is 5.19. The van der Waals surface area contributed by atoms with Gasteiger partial charge in [-0.25, -0.2) is 19.0 Å². The van der Waals surface area contributed by atoms with Gasteiger partial charge in [-0.15, -0.1) is 11.3 Å². The van der Waals surface area contributed by atoms with Crippen molar-refractivity contribution in [2.45, 2.75) is 20.4 Å². The number of fused-ring (bicyclic) bond motifs is 1. The summed E-state index contributed by atoms with van der Waals surface area (Å²) in [5.41, 5.74) is 4.41. The number of benzene rings is 1. The van der Waals surface area contributed by atoms with Crippen molar-refractivity contribution >= 4 is 49.2 Å². The molecule has 132 valence electrons. The van der Waals surface area contributed by atoms with E-state index in [1.165, 1.54) is 23.5 Å². The molecule has 0 amide bonds. The van der Waals surface area contributed by atoms with Crippen LogP contribution in [0, 0.1) is 12.7 Å². The Bertz CT molecular complexity index is 1090. The number of halogens is 2. The zero-order valence-electron chi connectivity index (χ0n) is 14.1. The van der Waals surface area contributed by atoms with Gasteiger partial charge in [-0.3, -0.25) is 0 Å². The van der Waals surface area contributed by atoms with Crippen molar-refractivity contribution in [3.8, 4) is 11.3 Å². The third kappa shape index (κ3) is 3.10. The van der Waals surface area contributed by atoms with E-state index < -0.39 is 0 Å². The predicted molar refractivity (Wildman–Crippen MR) is 106 cm³/mol. The Labute approximate surface area is 162 Å². The van der Waals surface area contributed by atoms with E-state index in [1.54, 1.807) is 12.1 Å². The second-order valence-electron chi connectivity index (χ2n) is 5.79. The van der Waals surface area contributed by atoms with Gasteiger partial charge < -0.3 is 5.32 Å². The van der Waals surface area contributed by atoms with Gasteiger partial charge in [-0.2, -0.15) is 5.10 Å². The SMILES string of the molecule is CCn1nc2c(C)cc(Br)nc2c1Nc1nc(-c2ccc(F)cc2)cs1. The molecular formula is C18H15BrFN5S. The van der Waals surface area contributed by atoms with Gasteiger partial charge in [-0.05, 0) is 65.7 Å². The van der Waals surface area contributed by atoms with Gasteiger partial charge in [0.15, 0.2) is 10.9 Å². The van der Waals surface area contributed by atoms with Gasteiger partial charge in [-0.1, -0.05) is 0 Å². The Morgan fingerprint density at radius 1 is 1.19 bits per heavy atom. The second-order valence-corrected chi connectivity index (χ2v) is 7.46. The van der Waals surface area contributed by atoms with E-state index in [2.05, 4.69) is 36.3 Å². The molecule has 0 unspecified atom stereocenters. The van der Waals surface area contributed by atoms with Crippen molar-refractivity contribution < 1.29 is 4.39 Å². The van der Waals surface area contributed by atoms with Gasteiger partial charge in [0.1, 0.15) is 21.5 Å². The fourth-order valence-electron chi connectivity index (χ4n) is 2.75. The fourth-order valence-corrected chi connectivity index (χ4v) is 3.99. The summed E-state index contributed by atoms with van der Waals surface area (Å²) in [4.78, 5) is 9.20. The molecule has 1 N–H and O–H groups in total. The molecule has 0 saturated heterocycles. The maximum atomic E-state index is 13.1. The number of nitrogens with zero attached hydrogens (tertiary/aromatic N) is 4. The van der Waals surface area contributed by atoms with Crippen LogP contribution in [0.2, 0.25) is 0 Å². The van der Waals surface area contributed by atoms with E-state index in [1.807, 2.05) is 30.0 Å². The first-order valence-corrected chi connectivity index (χ1v) is 9.74. The predicted octanol–water partition coefficient (Wildman–Crippen LogP) is 5.53. The van der Waals surface area contributed by atoms with Crippen LogP contribution in [0.5, 0.6) is 0 Å². The topological polar surface area (TPSA) is 55.6 Å². The highest BCUT2D eigenvalue weighted by Crippen LogP contribution is 2.32. The molecule has 3 heterocycles. The maximum Gasteiger partial charge on any atom is 0.188 e. The minimum atomic E-state index is -0.257. The monoisotopic (exact) mass is 431 g/mol. The zero-order chi connectivity index (χ0) is 18.3. The number of aryl methyl sites for hydroxylation is 2. The Balaban J connectivity index is 1.72. The molecule has 0 radical (unpaired) electrons. The molecule has 0 aliphatic heterocycles. The lowest BCUT2D eigenvalue weighted by Crippen LogP contribution is -2.03. The summed E-state index contributed by atoms with van der Waals surface area (Å²) in [5, 5.41) is 10.7. The van der Waals surface area contributed by atoms with E-state index in [0.29, 0.717) is 6.54 Å². The quantitative estimate of drug-likeness (QED) is 0.431. The molecule has 5 nitrogen and oxygen atoms in total. The lowest BCUT2D eigenvalue weighted by atomic mass is 10.2. The molecule has 0 aliphatic rings. The lowest BCUT2D eigenvalue weighted by Gasteiger charge is -2.05. The number of hydrogen-bond acceptors (Lipinski definition) is 5. The molecule has 3 aromatic heterocycles. The minimum Gasteiger partial charge on any atom is -0.315 e. The Kier molecular flexibility index (Phi) is 4.46. The number of anilines is 2. The molecular weight excluding hydrogens is 417 g/mol. The number of hydrogen-bond donors (Lipinski definition) is 1. The van der Waals surface area contributed by atoms with Crippen LogP contribution in [0.1, 0.15) is 12.5 Å². The average Bonchev–Trinajstić information content (AvgIpc) is 3.21. The number of aromatic nitrogens is 4. The van der Waals surface area contributed by atoms with Crippen molar-refractivity contribution in [3.63, 3.8) is 0 Å². The molecule has 8 heteroatoms. The standard InChI is InChI=1S/C18H15BrFN5S/c1-3-25-17(16-15(24-25)10(2)8-14(19)22-16)23-18-21-13(9-26-18)11-4-6-12(20)7-5-11/h4-9H,3H2,1-2H3,(H,21,23). The van der Waals surface area contributed by atoms with E-state index in [-0.39, 0.29) is 5.82 Å². The molecule has 0 spiro atoms. The van der Waals surface area contributed by atoms with Crippen LogP contribution in [0.15, 0.2) is 40.3 Å². The normalized spacial score (nSPS) is 11.2. The highest BCUT2D eigenvalue weighted by molar-refractivity contribution is 9.10. The van der Waals surface area contributed by atoms with Crippen LogP contribution in [0.3, 0.4) is 0 Å². The van der Waals surface area contributed by atoms with Crippen molar-refractivity contribution in [2.24, 2.45) is 0 Å². The maximum absolute atomic E-state index is 13.1. The zero-order valence-corrected chi connectivity index (χ0v) is 16.5. The van der Waals surface area contributed by atoms with Gasteiger partial charge in [0.25, 0.3) is 0 Å². The van der Waals surface area contributed by atoms with E-state index in [9.17, 15) is 4.39 Å². The third-order valence-electron chi connectivity index (χ3n) is 4.02. The molecule has 1 aromatic carbocycles. The van der Waals surface area contributed by atoms with Crippen molar-refractivity contribution in [1.29, 1.82) is 0 Å². The Morgan fingerprint density at radius 3 is 2.69 bits per heavy atom. The van der Waals surface area contributed by atoms with Crippen LogP contribution in [0.25, 0.3) is 22.3 Å². The van der Waals surface area contributed by atoms with Crippen molar-refractivity contribution in [1.82, 2.24) is 19.7 Å². The van der Waals surface area contributed by atoms with Crippen LogP contribution in [-0.4, -0.2) is 19.7 Å². The molecule has 4 aromatic rings.